The van der Waals surface area contributed by atoms with Gasteiger partial charge in [0.15, 0.2) is 0 Å². The van der Waals surface area contributed by atoms with Crippen molar-refractivity contribution in [3.8, 4) is 5.75 Å². The molecular weight excluding hydrogens is 304 g/mol. The molecule has 6 nitrogen and oxygen atoms in total. The lowest BCUT2D eigenvalue weighted by molar-refractivity contribution is -0.122. The summed E-state index contributed by atoms with van der Waals surface area (Å²) < 4.78 is 28.9. The smallest absolute Gasteiger partial charge is 0.230 e. The van der Waals surface area contributed by atoms with Gasteiger partial charge in [0.05, 0.1) is 25.0 Å². The molecule has 1 heterocycles. The van der Waals surface area contributed by atoms with Crippen LogP contribution >= 0.6 is 11.6 Å². The second kappa shape index (κ2) is 5.59. The summed E-state index contributed by atoms with van der Waals surface area (Å²) in [6.45, 7) is 0.404. The third-order valence-corrected chi connectivity index (χ3v) is 4.58. The SMILES string of the molecule is COc1ccc(Cl)cc1NC(=O)C1CN(S(C)(=O)=O)C1. The second-order valence-corrected chi connectivity index (χ2v) is 7.03. The molecule has 1 fully saturated rings. The van der Waals surface area contributed by atoms with Crippen LogP contribution in [-0.4, -0.2) is 45.1 Å². The highest BCUT2D eigenvalue weighted by Gasteiger charge is 2.37. The molecule has 1 aromatic carbocycles. The number of rotatable bonds is 4. The van der Waals surface area contributed by atoms with E-state index in [0.717, 1.165) is 6.26 Å². The van der Waals surface area contributed by atoms with Crippen LogP contribution in [0.1, 0.15) is 0 Å². The van der Waals surface area contributed by atoms with Crippen LogP contribution in [0.4, 0.5) is 5.69 Å². The van der Waals surface area contributed by atoms with Crippen LogP contribution in [0.2, 0.25) is 5.02 Å². The molecule has 0 saturated carbocycles. The van der Waals surface area contributed by atoms with E-state index in [2.05, 4.69) is 5.32 Å². The van der Waals surface area contributed by atoms with E-state index in [4.69, 9.17) is 16.3 Å². The minimum absolute atomic E-state index is 0.202. The van der Waals surface area contributed by atoms with Gasteiger partial charge in [-0.25, -0.2) is 12.7 Å². The maximum absolute atomic E-state index is 12.0. The fourth-order valence-corrected chi connectivity index (χ4v) is 2.96. The molecule has 1 aliphatic heterocycles. The van der Waals surface area contributed by atoms with E-state index >= 15 is 0 Å². The van der Waals surface area contributed by atoms with Gasteiger partial charge in [-0.05, 0) is 18.2 Å². The van der Waals surface area contributed by atoms with Gasteiger partial charge in [0.25, 0.3) is 0 Å². The van der Waals surface area contributed by atoms with Crippen LogP contribution in [0.15, 0.2) is 18.2 Å². The number of methoxy groups -OCH3 is 1. The van der Waals surface area contributed by atoms with Gasteiger partial charge in [-0.1, -0.05) is 11.6 Å². The molecule has 20 heavy (non-hydrogen) atoms. The van der Waals surface area contributed by atoms with E-state index in [1.54, 1.807) is 18.2 Å². The molecule has 1 aliphatic rings. The zero-order valence-electron chi connectivity index (χ0n) is 11.1. The third-order valence-electron chi connectivity index (χ3n) is 3.11. The molecule has 1 amide bonds. The number of nitrogens with zero attached hydrogens (tertiary/aromatic N) is 1. The first-order valence-electron chi connectivity index (χ1n) is 5.91. The molecule has 0 aliphatic carbocycles. The lowest BCUT2D eigenvalue weighted by atomic mass is 10.0. The highest BCUT2D eigenvalue weighted by atomic mass is 35.5. The number of hydrogen-bond donors (Lipinski definition) is 1. The summed E-state index contributed by atoms with van der Waals surface area (Å²) in [6.07, 6.45) is 1.13. The van der Waals surface area contributed by atoms with E-state index in [1.165, 1.54) is 11.4 Å². The molecule has 0 radical (unpaired) electrons. The first kappa shape index (κ1) is 15.1. The predicted molar refractivity (Wildman–Crippen MR) is 76.5 cm³/mol. The molecule has 2 rings (SSSR count). The summed E-state index contributed by atoms with van der Waals surface area (Å²) in [7, 11) is -1.72. The monoisotopic (exact) mass is 318 g/mol. The first-order valence-corrected chi connectivity index (χ1v) is 8.13. The molecule has 0 spiro atoms. The van der Waals surface area contributed by atoms with E-state index in [9.17, 15) is 13.2 Å². The molecule has 1 aromatic rings. The largest absolute Gasteiger partial charge is 0.495 e. The zero-order chi connectivity index (χ0) is 14.9. The van der Waals surface area contributed by atoms with Crippen molar-refractivity contribution in [2.24, 2.45) is 5.92 Å². The highest BCUT2D eigenvalue weighted by molar-refractivity contribution is 7.88. The van der Waals surface area contributed by atoms with Crippen molar-refractivity contribution in [3.05, 3.63) is 23.2 Å². The molecule has 110 valence electrons. The van der Waals surface area contributed by atoms with Crippen LogP contribution < -0.4 is 10.1 Å². The van der Waals surface area contributed by atoms with Gasteiger partial charge in [0.1, 0.15) is 5.75 Å². The van der Waals surface area contributed by atoms with Gasteiger partial charge >= 0.3 is 0 Å². The Morgan fingerprint density at radius 1 is 1.45 bits per heavy atom. The number of sulfonamides is 1. The Hall–Kier alpha value is -1.31. The summed E-state index contributed by atoms with van der Waals surface area (Å²) in [5.74, 6) is -0.0964. The average molecular weight is 319 g/mol. The summed E-state index contributed by atoms with van der Waals surface area (Å²) in [5, 5.41) is 3.19. The van der Waals surface area contributed by atoms with Crippen LogP contribution in [0.3, 0.4) is 0 Å². The Kier molecular flexibility index (Phi) is 4.22. The standard InChI is InChI=1S/C12H15ClN2O4S/c1-19-11-4-3-9(13)5-10(11)14-12(16)8-6-15(7-8)20(2,17)18/h3-5,8H,6-7H2,1-2H3,(H,14,16). The highest BCUT2D eigenvalue weighted by Crippen LogP contribution is 2.29. The van der Waals surface area contributed by atoms with Crippen LogP contribution in [-0.2, 0) is 14.8 Å². The van der Waals surface area contributed by atoms with Crippen molar-refractivity contribution < 1.29 is 17.9 Å². The number of anilines is 1. The Labute approximate surface area is 122 Å². The number of carbonyl (C=O) groups is 1. The molecule has 0 aromatic heterocycles. The predicted octanol–water partition coefficient (Wildman–Crippen LogP) is 1.18. The molecule has 1 saturated heterocycles. The number of halogens is 1. The Balaban J connectivity index is 2.02. The Morgan fingerprint density at radius 2 is 2.10 bits per heavy atom. The summed E-state index contributed by atoms with van der Waals surface area (Å²) in [5.41, 5.74) is 0.475. The third kappa shape index (κ3) is 3.23. The van der Waals surface area contributed by atoms with Gasteiger partial charge in [0.2, 0.25) is 15.9 Å². The minimum Gasteiger partial charge on any atom is -0.495 e. The number of carbonyl (C=O) groups excluding carboxylic acids is 1. The van der Waals surface area contributed by atoms with Crippen molar-refractivity contribution >= 4 is 33.2 Å². The van der Waals surface area contributed by atoms with Crippen LogP contribution in [0.25, 0.3) is 0 Å². The van der Waals surface area contributed by atoms with Crippen molar-refractivity contribution in [2.75, 3.05) is 31.8 Å². The number of benzene rings is 1. The maximum atomic E-state index is 12.0. The molecule has 0 unspecified atom stereocenters. The van der Waals surface area contributed by atoms with Crippen molar-refractivity contribution in [1.29, 1.82) is 0 Å². The molecule has 0 atom stereocenters. The van der Waals surface area contributed by atoms with Gasteiger partial charge in [-0.15, -0.1) is 0 Å². The number of ether oxygens (including phenoxy) is 1. The maximum Gasteiger partial charge on any atom is 0.230 e. The molecule has 0 bridgehead atoms. The van der Waals surface area contributed by atoms with Crippen molar-refractivity contribution in [2.45, 2.75) is 0 Å². The van der Waals surface area contributed by atoms with E-state index in [-0.39, 0.29) is 24.9 Å². The molecular formula is C12H15ClN2O4S. The quantitative estimate of drug-likeness (QED) is 0.904. The number of nitrogens with one attached hydrogen (secondary N) is 1. The van der Waals surface area contributed by atoms with Crippen LogP contribution in [0.5, 0.6) is 5.75 Å². The van der Waals surface area contributed by atoms with Crippen molar-refractivity contribution in [1.82, 2.24) is 4.31 Å². The second-order valence-electron chi connectivity index (χ2n) is 4.61. The minimum atomic E-state index is -3.22. The number of hydrogen-bond acceptors (Lipinski definition) is 4. The van der Waals surface area contributed by atoms with Gasteiger partial charge in [0, 0.05) is 18.1 Å². The number of amides is 1. The molecule has 8 heteroatoms. The lowest BCUT2D eigenvalue weighted by Crippen LogP contribution is -2.53. The van der Waals surface area contributed by atoms with E-state index in [0.29, 0.717) is 16.5 Å². The summed E-state index contributed by atoms with van der Waals surface area (Å²) in [4.78, 5) is 12.0. The van der Waals surface area contributed by atoms with Crippen molar-refractivity contribution in [3.63, 3.8) is 0 Å². The fraction of sp³-hybridized carbons (Fsp3) is 0.417. The summed E-state index contributed by atoms with van der Waals surface area (Å²) in [6, 6.07) is 4.90. The van der Waals surface area contributed by atoms with E-state index in [1.807, 2.05) is 0 Å². The summed E-state index contributed by atoms with van der Waals surface area (Å²) >= 11 is 5.87. The first-order chi connectivity index (χ1) is 9.31. The normalized spacial score (nSPS) is 16.6. The average Bonchev–Trinajstić information content (AvgIpc) is 2.25. The Morgan fingerprint density at radius 3 is 2.65 bits per heavy atom. The van der Waals surface area contributed by atoms with Gasteiger partial charge < -0.3 is 10.1 Å². The Bertz CT molecular complexity index is 626. The zero-order valence-corrected chi connectivity index (χ0v) is 12.7. The van der Waals surface area contributed by atoms with Gasteiger partial charge in [-0.3, -0.25) is 4.79 Å². The van der Waals surface area contributed by atoms with Gasteiger partial charge in [-0.2, -0.15) is 0 Å². The van der Waals surface area contributed by atoms with E-state index < -0.39 is 10.0 Å². The molecule has 1 N–H and O–H groups in total. The van der Waals surface area contributed by atoms with Crippen LogP contribution in [0, 0.1) is 5.92 Å². The topological polar surface area (TPSA) is 75.7 Å². The lowest BCUT2D eigenvalue weighted by Gasteiger charge is -2.36. The fourth-order valence-electron chi connectivity index (χ4n) is 1.89.